The molecular formula is C13H18N2O. The van der Waals surface area contributed by atoms with Gasteiger partial charge >= 0.3 is 0 Å². The average molecular weight is 218 g/mol. The fourth-order valence-electron chi connectivity index (χ4n) is 3.12. The van der Waals surface area contributed by atoms with Crippen LogP contribution in [0, 0.1) is 18.8 Å². The van der Waals surface area contributed by atoms with Gasteiger partial charge in [0, 0.05) is 25.2 Å². The molecule has 1 aromatic heterocycles. The normalized spacial score (nSPS) is 33.1. The average Bonchev–Trinajstić information content (AvgIpc) is 2.81. The molecule has 2 aliphatic rings. The standard InChI is InChI=1S/C13H18N2O/c1-9-4-5-14-13(6-9)15-7-10-2-3-12(16)11(10)8-15/h4-6,10-12,16H,2-3,7-8H2,1H3. The SMILES string of the molecule is Cc1ccnc(N2CC3CCC(O)C3C2)c1. The zero-order chi connectivity index (χ0) is 11.1. The van der Waals surface area contributed by atoms with E-state index < -0.39 is 0 Å². The van der Waals surface area contributed by atoms with Crippen molar-refractivity contribution >= 4 is 5.82 Å². The van der Waals surface area contributed by atoms with Gasteiger partial charge in [-0.1, -0.05) is 0 Å². The van der Waals surface area contributed by atoms with Gasteiger partial charge in [0.1, 0.15) is 5.82 Å². The number of aromatic nitrogens is 1. The number of hydrogen-bond acceptors (Lipinski definition) is 3. The first-order chi connectivity index (χ1) is 7.74. The van der Waals surface area contributed by atoms with Crippen molar-refractivity contribution in [3.8, 4) is 0 Å². The summed E-state index contributed by atoms with van der Waals surface area (Å²) in [6, 6.07) is 4.16. The summed E-state index contributed by atoms with van der Waals surface area (Å²) in [6.45, 7) is 4.14. The number of aliphatic hydroxyl groups is 1. The largest absolute Gasteiger partial charge is 0.393 e. The van der Waals surface area contributed by atoms with Crippen molar-refractivity contribution in [3.63, 3.8) is 0 Å². The molecule has 0 radical (unpaired) electrons. The van der Waals surface area contributed by atoms with Crippen LogP contribution in [0.1, 0.15) is 18.4 Å². The summed E-state index contributed by atoms with van der Waals surface area (Å²) >= 11 is 0. The molecule has 1 aromatic rings. The van der Waals surface area contributed by atoms with E-state index in [1.807, 2.05) is 12.3 Å². The third-order valence-corrected chi connectivity index (χ3v) is 4.04. The molecule has 1 aliphatic carbocycles. The lowest BCUT2D eigenvalue weighted by molar-refractivity contribution is 0.133. The molecule has 3 rings (SSSR count). The van der Waals surface area contributed by atoms with Gasteiger partial charge in [-0.3, -0.25) is 0 Å². The maximum absolute atomic E-state index is 9.87. The van der Waals surface area contributed by atoms with Crippen molar-refractivity contribution in [1.29, 1.82) is 0 Å². The number of rotatable bonds is 1. The highest BCUT2D eigenvalue weighted by atomic mass is 16.3. The van der Waals surface area contributed by atoms with Gasteiger partial charge in [0.2, 0.25) is 0 Å². The number of fused-ring (bicyclic) bond motifs is 1. The van der Waals surface area contributed by atoms with Gasteiger partial charge in [0.15, 0.2) is 0 Å². The maximum Gasteiger partial charge on any atom is 0.128 e. The van der Waals surface area contributed by atoms with Crippen molar-refractivity contribution in [2.24, 2.45) is 11.8 Å². The molecule has 0 spiro atoms. The molecule has 2 fully saturated rings. The van der Waals surface area contributed by atoms with E-state index in [2.05, 4.69) is 22.9 Å². The zero-order valence-electron chi connectivity index (χ0n) is 9.63. The molecule has 1 saturated heterocycles. The molecule has 1 saturated carbocycles. The number of nitrogens with zero attached hydrogens (tertiary/aromatic N) is 2. The van der Waals surface area contributed by atoms with E-state index in [4.69, 9.17) is 0 Å². The highest BCUT2D eigenvalue weighted by Gasteiger charge is 2.42. The zero-order valence-corrected chi connectivity index (χ0v) is 9.63. The van der Waals surface area contributed by atoms with Gasteiger partial charge < -0.3 is 10.0 Å². The molecule has 16 heavy (non-hydrogen) atoms. The summed E-state index contributed by atoms with van der Waals surface area (Å²) in [4.78, 5) is 6.74. The van der Waals surface area contributed by atoms with Gasteiger partial charge in [0.25, 0.3) is 0 Å². The van der Waals surface area contributed by atoms with E-state index in [-0.39, 0.29) is 6.10 Å². The molecule has 86 valence electrons. The van der Waals surface area contributed by atoms with E-state index in [1.54, 1.807) is 0 Å². The molecule has 0 bridgehead atoms. The van der Waals surface area contributed by atoms with Crippen molar-refractivity contribution in [1.82, 2.24) is 4.98 Å². The third kappa shape index (κ3) is 1.59. The van der Waals surface area contributed by atoms with Crippen molar-refractivity contribution in [3.05, 3.63) is 23.9 Å². The minimum absolute atomic E-state index is 0.0835. The maximum atomic E-state index is 9.87. The third-order valence-electron chi connectivity index (χ3n) is 4.04. The number of aryl methyl sites for hydroxylation is 1. The van der Waals surface area contributed by atoms with E-state index in [9.17, 15) is 5.11 Å². The van der Waals surface area contributed by atoms with E-state index in [1.165, 1.54) is 12.0 Å². The summed E-state index contributed by atoms with van der Waals surface area (Å²) < 4.78 is 0. The molecule has 3 heteroatoms. The lowest BCUT2D eigenvalue weighted by Crippen LogP contribution is -2.25. The molecule has 3 nitrogen and oxygen atoms in total. The van der Waals surface area contributed by atoms with Crippen LogP contribution >= 0.6 is 0 Å². The fourth-order valence-corrected chi connectivity index (χ4v) is 3.12. The minimum Gasteiger partial charge on any atom is -0.393 e. The quantitative estimate of drug-likeness (QED) is 0.777. The van der Waals surface area contributed by atoms with Gasteiger partial charge in [0.05, 0.1) is 6.10 Å². The number of aliphatic hydroxyl groups excluding tert-OH is 1. The van der Waals surface area contributed by atoms with E-state index in [0.29, 0.717) is 11.8 Å². The van der Waals surface area contributed by atoms with Crippen LogP contribution in [0.25, 0.3) is 0 Å². The molecular weight excluding hydrogens is 200 g/mol. The van der Waals surface area contributed by atoms with Gasteiger partial charge in [-0.05, 0) is 43.4 Å². The lowest BCUT2D eigenvalue weighted by Gasteiger charge is -2.19. The van der Waals surface area contributed by atoms with Crippen LogP contribution in [0.5, 0.6) is 0 Å². The first-order valence-corrected chi connectivity index (χ1v) is 6.10. The Kier molecular flexibility index (Phi) is 2.36. The van der Waals surface area contributed by atoms with Crippen LogP contribution in [0.15, 0.2) is 18.3 Å². The molecule has 3 atom stereocenters. The molecule has 1 N–H and O–H groups in total. The summed E-state index contributed by atoms with van der Waals surface area (Å²) in [6.07, 6.45) is 3.95. The Morgan fingerprint density at radius 2 is 2.25 bits per heavy atom. The molecule has 0 aromatic carbocycles. The van der Waals surface area contributed by atoms with Crippen LogP contribution < -0.4 is 4.90 Å². The van der Waals surface area contributed by atoms with E-state index in [0.717, 1.165) is 25.3 Å². The Morgan fingerprint density at radius 1 is 1.38 bits per heavy atom. The molecule has 3 unspecified atom stereocenters. The second kappa shape index (κ2) is 3.74. The minimum atomic E-state index is -0.0835. The summed E-state index contributed by atoms with van der Waals surface area (Å²) in [7, 11) is 0. The summed E-state index contributed by atoms with van der Waals surface area (Å²) in [5.41, 5.74) is 1.25. The first-order valence-electron chi connectivity index (χ1n) is 6.10. The highest BCUT2D eigenvalue weighted by molar-refractivity contribution is 5.42. The molecule has 1 aliphatic heterocycles. The van der Waals surface area contributed by atoms with Crippen LogP contribution in [-0.2, 0) is 0 Å². The van der Waals surface area contributed by atoms with Crippen LogP contribution in [0.3, 0.4) is 0 Å². The molecule has 2 heterocycles. The smallest absolute Gasteiger partial charge is 0.128 e. The topological polar surface area (TPSA) is 36.4 Å². The van der Waals surface area contributed by atoms with Crippen LogP contribution in [-0.4, -0.2) is 29.3 Å². The van der Waals surface area contributed by atoms with Gasteiger partial charge in [-0.15, -0.1) is 0 Å². The summed E-state index contributed by atoms with van der Waals surface area (Å²) in [5, 5.41) is 9.87. The predicted octanol–water partition coefficient (Wildman–Crippen LogP) is 1.60. The monoisotopic (exact) mass is 218 g/mol. The second-order valence-electron chi connectivity index (χ2n) is 5.17. The molecule has 0 amide bonds. The Hall–Kier alpha value is -1.09. The van der Waals surface area contributed by atoms with Crippen molar-refractivity contribution < 1.29 is 5.11 Å². The van der Waals surface area contributed by atoms with Crippen molar-refractivity contribution in [2.75, 3.05) is 18.0 Å². The number of anilines is 1. The van der Waals surface area contributed by atoms with Gasteiger partial charge in [-0.25, -0.2) is 4.98 Å². The first kappa shape index (κ1) is 10.1. The van der Waals surface area contributed by atoms with Crippen LogP contribution in [0.2, 0.25) is 0 Å². The Labute approximate surface area is 96.1 Å². The second-order valence-corrected chi connectivity index (χ2v) is 5.17. The predicted molar refractivity (Wildman–Crippen MR) is 63.4 cm³/mol. The highest BCUT2D eigenvalue weighted by Crippen LogP contribution is 2.39. The number of hydrogen-bond donors (Lipinski definition) is 1. The Balaban J connectivity index is 1.79. The van der Waals surface area contributed by atoms with Crippen molar-refractivity contribution in [2.45, 2.75) is 25.9 Å². The number of pyridine rings is 1. The summed E-state index contributed by atoms with van der Waals surface area (Å²) in [5.74, 6) is 2.22. The fraction of sp³-hybridized carbons (Fsp3) is 0.615. The van der Waals surface area contributed by atoms with Crippen LogP contribution in [0.4, 0.5) is 5.82 Å². The Morgan fingerprint density at radius 3 is 3.00 bits per heavy atom. The van der Waals surface area contributed by atoms with Gasteiger partial charge in [-0.2, -0.15) is 0 Å². The lowest BCUT2D eigenvalue weighted by atomic mass is 10.00. The Bertz CT molecular complexity index is 393. The van der Waals surface area contributed by atoms with E-state index >= 15 is 0 Å².